The van der Waals surface area contributed by atoms with Gasteiger partial charge in [-0.2, -0.15) is 4.98 Å². The zero-order chi connectivity index (χ0) is 17.2. The van der Waals surface area contributed by atoms with E-state index < -0.39 is 0 Å². The molecule has 25 heavy (non-hydrogen) atoms. The van der Waals surface area contributed by atoms with Crippen molar-refractivity contribution in [2.75, 3.05) is 19.7 Å². The van der Waals surface area contributed by atoms with E-state index in [4.69, 9.17) is 9.26 Å². The normalized spacial score (nSPS) is 26.3. The Morgan fingerprint density at radius 1 is 1.36 bits per heavy atom. The van der Waals surface area contributed by atoms with E-state index in [9.17, 15) is 4.79 Å². The molecule has 2 fully saturated rings. The lowest BCUT2D eigenvalue weighted by Gasteiger charge is -2.44. The highest BCUT2D eigenvalue weighted by atomic mass is 16.5. The minimum atomic E-state index is 0.114. The molecule has 2 aliphatic rings. The fraction of sp³-hybridized carbons (Fsp3) is 0.556. The smallest absolute Gasteiger partial charge is 0.230 e. The van der Waals surface area contributed by atoms with Gasteiger partial charge in [-0.25, -0.2) is 0 Å². The molecule has 2 aromatic rings. The zero-order valence-corrected chi connectivity index (χ0v) is 14.3. The van der Waals surface area contributed by atoms with Crippen LogP contribution in [0.25, 0.3) is 0 Å². The lowest BCUT2D eigenvalue weighted by atomic mass is 9.79. The van der Waals surface area contributed by atoms with Crippen LogP contribution in [0.4, 0.5) is 0 Å². The van der Waals surface area contributed by atoms with Crippen molar-refractivity contribution in [1.29, 1.82) is 0 Å². The van der Waals surface area contributed by atoms with Crippen LogP contribution in [0.3, 0.4) is 0 Å². The molecule has 4 heterocycles. The average molecular weight is 342 g/mol. The summed E-state index contributed by atoms with van der Waals surface area (Å²) in [6, 6.07) is 5.65. The van der Waals surface area contributed by atoms with Crippen LogP contribution in [0.5, 0.6) is 0 Å². The summed E-state index contributed by atoms with van der Waals surface area (Å²) in [7, 11) is 0. The summed E-state index contributed by atoms with van der Waals surface area (Å²) in [5.74, 6) is 1.80. The highest BCUT2D eigenvalue weighted by molar-refractivity contribution is 5.78. The number of hydrogen-bond donors (Lipinski definition) is 0. The Morgan fingerprint density at radius 3 is 3.04 bits per heavy atom. The molecule has 7 heteroatoms. The average Bonchev–Trinajstić information content (AvgIpc) is 3.08. The van der Waals surface area contributed by atoms with Crippen molar-refractivity contribution >= 4 is 5.91 Å². The van der Waals surface area contributed by atoms with Crippen molar-refractivity contribution in [1.82, 2.24) is 20.0 Å². The Balaban J connectivity index is 1.47. The van der Waals surface area contributed by atoms with E-state index in [0.717, 1.165) is 25.1 Å². The minimum absolute atomic E-state index is 0.114. The van der Waals surface area contributed by atoms with Crippen LogP contribution in [0.2, 0.25) is 0 Å². The zero-order valence-electron chi connectivity index (χ0n) is 14.3. The number of ether oxygens (including phenoxy) is 1. The molecule has 0 spiro atoms. The van der Waals surface area contributed by atoms with Crippen LogP contribution < -0.4 is 0 Å². The van der Waals surface area contributed by atoms with Crippen molar-refractivity contribution in [2.24, 2.45) is 5.92 Å². The Morgan fingerprint density at radius 2 is 2.28 bits per heavy atom. The number of piperidine rings is 1. The van der Waals surface area contributed by atoms with E-state index in [1.165, 1.54) is 0 Å². The fourth-order valence-electron chi connectivity index (χ4n) is 3.88. The third-order valence-electron chi connectivity index (χ3n) is 5.14. The minimum Gasteiger partial charge on any atom is -0.378 e. The summed E-state index contributed by atoms with van der Waals surface area (Å²) in [5.41, 5.74) is 0.804. The third kappa shape index (κ3) is 3.42. The molecule has 4 rings (SSSR count). The molecule has 1 amide bonds. The van der Waals surface area contributed by atoms with Gasteiger partial charge in [0.2, 0.25) is 11.8 Å². The number of nitrogens with zero attached hydrogens (tertiary/aromatic N) is 4. The summed E-state index contributed by atoms with van der Waals surface area (Å²) in [6.45, 7) is 3.92. The van der Waals surface area contributed by atoms with Crippen LogP contribution >= 0.6 is 0 Å². The standard InChI is InChI=1S/C18H22N4O3/c1-12-20-18(25-21-12)14-6-9-24-16-5-8-22(11-15(14)16)17(23)10-13-4-2-3-7-19-13/h2-4,7,14-16H,5-6,8-11H2,1H3/t14-,15-,16-/m1/s1. The molecule has 0 aliphatic carbocycles. The molecule has 132 valence electrons. The van der Waals surface area contributed by atoms with E-state index in [1.807, 2.05) is 30.0 Å². The monoisotopic (exact) mass is 342 g/mol. The van der Waals surface area contributed by atoms with Gasteiger partial charge in [0, 0.05) is 43.4 Å². The quantitative estimate of drug-likeness (QED) is 0.845. The maximum absolute atomic E-state index is 12.7. The number of carbonyl (C=O) groups excluding carboxylic acids is 1. The lowest BCUT2D eigenvalue weighted by molar-refractivity contribution is -0.139. The third-order valence-corrected chi connectivity index (χ3v) is 5.14. The van der Waals surface area contributed by atoms with Crippen molar-refractivity contribution in [3.8, 4) is 0 Å². The summed E-state index contributed by atoms with van der Waals surface area (Å²) < 4.78 is 11.4. The number of pyridine rings is 1. The number of amides is 1. The van der Waals surface area contributed by atoms with Crippen molar-refractivity contribution in [2.45, 2.75) is 38.2 Å². The van der Waals surface area contributed by atoms with Gasteiger partial charge in [-0.15, -0.1) is 0 Å². The number of aromatic nitrogens is 3. The van der Waals surface area contributed by atoms with Gasteiger partial charge in [0.25, 0.3) is 0 Å². The largest absolute Gasteiger partial charge is 0.378 e. The first-order valence-corrected chi connectivity index (χ1v) is 8.80. The predicted octanol–water partition coefficient (Wildman–Crippen LogP) is 1.74. The van der Waals surface area contributed by atoms with Gasteiger partial charge in [-0.3, -0.25) is 9.78 Å². The molecule has 0 aromatic carbocycles. The maximum Gasteiger partial charge on any atom is 0.230 e. The van der Waals surface area contributed by atoms with E-state index >= 15 is 0 Å². The summed E-state index contributed by atoms with van der Waals surface area (Å²) in [5, 5.41) is 3.92. The van der Waals surface area contributed by atoms with Crippen LogP contribution in [0, 0.1) is 12.8 Å². The van der Waals surface area contributed by atoms with Gasteiger partial charge in [-0.05, 0) is 31.9 Å². The molecule has 0 saturated carbocycles. The second kappa shape index (κ2) is 6.92. The summed E-state index contributed by atoms with van der Waals surface area (Å²) in [4.78, 5) is 23.3. The van der Waals surface area contributed by atoms with Gasteiger partial charge < -0.3 is 14.2 Å². The van der Waals surface area contributed by atoms with Crippen LogP contribution in [0.15, 0.2) is 28.9 Å². The van der Waals surface area contributed by atoms with Crippen molar-refractivity contribution < 1.29 is 14.1 Å². The molecule has 0 N–H and O–H groups in total. The second-order valence-electron chi connectivity index (χ2n) is 6.77. The summed E-state index contributed by atoms with van der Waals surface area (Å²) in [6.07, 6.45) is 3.92. The van der Waals surface area contributed by atoms with E-state index in [2.05, 4.69) is 15.1 Å². The van der Waals surface area contributed by atoms with Gasteiger partial charge >= 0.3 is 0 Å². The molecule has 3 atom stereocenters. The number of aryl methyl sites for hydroxylation is 1. The van der Waals surface area contributed by atoms with Gasteiger partial charge in [0.1, 0.15) is 0 Å². The number of likely N-dealkylation sites (tertiary alicyclic amines) is 1. The number of rotatable bonds is 3. The molecule has 0 unspecified atom stereocenters. The second-order valence-corrected chi connectivity index (χ2v) is 6.77. The number of hydrogen-bond acceptors (Lipinski definition) is 6. The van der Waals surface area contributed by atoms with E-state index in [1.54, 1.807) is 6.20 Å². The fourth-order valence-corrected chi connectivity index (χ4v) is 3.88. The number of carbonyl (C=O) groups is 1. The first-order chi connectivity index (χ1) is 12.2. The van der Waals surface area contributed by atoms with Crippen LogP contribution in [-0.4, -0.2) is 51.7 Å². The topological polar surface area (TPSA) is 81.4 Å². The van der Waals surface area contributed by atoms with E-state index in [0.29, 0.717) is 31.3 Å². The molecule has 2 saturated heterocycles. The van der Waals surface area contributed by atoms with Gasteiger partial charge in [-0.1, -0.05) is 11.2 Å². The predicted molar refractivity (Wildman–Crippen MR) is 88.8 cm³/mol. The van der Waals surface area contributed by atoms with Crippen molar-refractivity contribution in [3.63, 3.8) is 0 Å². The van der Waals surface area contributed by atoms with Crippen LogP contribution in [-0.2, 0) is 16.0 Å². The van der Waals surface area contributed by atoms with Gasteiger partial charge in [0.05, 0.1) is 12.5 Å². The first-order valence-electron chi connectivity index (χ1n) is 8.80. The molecule has 0 bridgehead atoms. The molecule has 2 aromatic heterocycles. The molecular formula is C18H22N4O3. The van der Waals surface area contributed by atoms with Crippen LogP contribution in [0.1, 0.15) is 36.2 Å². The Kier molecular flexibility index (Phi) is 4.48. The van der Waals surface area contributed by atoms with E-state index in [-0.39, 0.29) is 23.8 Å². The molecular weight excluding hydrogens is 320 g/mol. The highest BCUT2D eigenvalue weighted by Gasteiger charge is 2.42. The highest BCUT2D eigenvalue weighted by Crippen LogP contribution is 2.38. The molecule has 7 nitrogen and oxygen atoms in total. The Bertz CT molecular complexity index is 733. The molecule has 2 aliphatic heterocycles. The lowest BCUT2D eigenvalue weighted by Crippen LogP contribution is -2.51. The Hall–Kier alpha value is -2.28. The van der Waals surface area contributed by atoms with Crippen molar-refractivity contribution in [3.05, 3.63) is 41.8 Å². The van der Waals surface area contributed by atoms with Gasteiger partial charge in [0.15, 0.2) is 5.82 Å². The maximum atomic E-state index is 12.7. The first kappa shape index (κ1) is 16.2. The SMILES string of the molecule is Cc1noc([C@@H]2CCO[C@@H]3CCN(C(=O)Cc4ccccn4)C[C@@H]32)n1. The summed E-state index contributed by atoms with van der Waals surface area (Å²) >= 11 is 0. The Labute approximate surface area is 146 Å². The molecule has 0 radical (unpaired) electrons. The number of fused-ring (bicyclic) bond motifs is 1.